The van der Waals surface area contributed by atoms with Crippen molar-refractivity contribution >= 4 is 9.84 Å². The van der Waals surface area contributed by atoms with Crippen LogP contribution in [0.5, 0.6) is 0 Å². The van der Waals surface area contributed by atoms with Crippen LogP contribution in [0.15, 0.2) is 47.6 Å². The number of benzene rings is 1. The molecule has 0 radical (unpaired) electrons. The van der Waals surface area contributed by atoms with Gasteiger partial charge in [-0.05, 0) is 23.8 Å². The van der Waals surface area contributed by atoms with Crippen LogP contribution in [-0.2, 0) is 9.84 Å². The first kappa shape index (κ1) is 15.2. The first-order valence-electron chi connectivity index (χ1n) is 7.13. The summed E-state index contributed by atoms with van der Waals surface area (Å²) in [6.07, 6.45) is 4.27. The number of nitrogens with zero attached hydrogens (tertiary/aromatic N) is 3. The second-order valence-electron chi connectivity index (χ2n) is 5.72. The lowest BCUT2D eigenvalue weighted by Gasteiger charge is -2.40. The van der Waals surface area contributed by atoms with Gasteiger partial charge in [-0.3, -0.25) is 9.58 Å². The highest BCUT2D eigenvalue weighted by molar-refractivity contribution is 7.90. The maximum atomic E-state index is 11.4. The van der Waals surface area contributed by atoms with Crippen molar-refractivity contribution in [3.05, 3.63) is 48.3 Å². The minimum atomic E-state index is -3.20. The van der Waals surface area contributed by atoms with Crippen molar-refractivity contribution in [2.24, 2.45) is 0 Å². The van der Waals surface area contributed by atoms with Gasteiger partial charge >= 0.3 is 0 Å². The van der Waals surface area contributed by atoms with Crippen molar-refractivity contribution in [2.75, 3.05) is 25.9 Å². The predicted octanol–water partition coefficient (Wildman–Crippen LogP) is 0.877. The quantitative estimate of drug-likeness (QED) is 0.885. The lowest BCUT2D eigenvalue weighted by molar-refractivity contribution is 0.0401. The summed E-state index contributed by atoms with van der Waals surface area (Å²) in [4.78, 5) is 2.42. The summed E-state index contributed by atoms with van der Waals surface area (Å²) in [6, 6.07) is 8.70. The Labute approximate surface area is 129 Å². The van der Waals surface area contributed by atoms with Crippen LogP contribution < -0.4 is 0 Å². The van der Waals surface area contributed by atoms with Crippen LogP contribution in [0.2, 0.25) is 0 Å². The number of aliphatic hydroxyl groups excluding tert-OH is 1. The fraction of sp³-hybridized carbons (Fsp3) is 0.400. The molecular formula is C15H19N3O3S. The molecule has 7 heteroatoms. The fourth-order valence-corrected chi connectivity index (χ4v) is 3.27. The van der Waals surface area contributed by atoms with Gasteiger partial charge in [-0.15, -0.1) is 0 Å². The molecule has 1 N–H and O–H groups in total. The molecule has 2 heterocycles. The third kappa shape index (κ3) is 3.21. The summed E-state index contributed by atoms with van der Waals surface area (Å²) in [7, 11) is -3.20. The molecule has 0 amide bonds. The first-order chi connectivity index (χ1) is 10.4. The standard InChI is InChI=1S/C15H19N3O3S/c1-22(20,21)14-5-3-12(4-6-14)15(19)11-17-9-13(10-17)18-8-2-7-16-18/h2-8,13,15,19H,9-11H2,1H3. The first-order valence-corrected chi connectivity index (χ1v) is 9.02. The average molecular weight is 321 g/mol. The molecule has 22 heavy (non-hydrogen) atoms. The molecule has 0 bridgehead atoms. The number of β-amino-alcohol motifs (C(OH)–C–C–N with tert-alkyl or cyclic N) is 1. The molecule has 1 aliphatic heterocycles. The van der Waals surface area contributed by atoms with E-state index < -0.39 is 15.9 Å². The van der Waals surface area contributed by atoms with Crippen LogP contribution in [-0.4, -0.2) is 54.1 Å². The Kier molecular flexibility index (Phi) is 4.03. The van der Waals surface area contributed by atoms with Crippen LogP contribution in [0.4, 0.5) is 0 Å². The molecule has 0 aliphatic carbocycles. The van der Waals surface area contributed by atoms with E-state index in [0.29, 0.717) is 12.6 Å². The van der Waals surface area contributed by atoms with Crippen LogP contribution in [0, 0.1) is 0 Å². The molecule has 118 valence electrons. The zero-order valence-electron chi connectivity index (χ0n) is 12.3. The van der Waals surface area contributed by atoms with Gasteiger partial charge in [-0.2, -0.15) is 5.10 Å². The molecule has 1 atom stereocenters. The third-order valence-electron chi connectivity index (χ3n) is 3.96. The summed E-state index contributed by atoms with van der Waals surface area (Å²) >= 11 is 0. The van der Waals surface area contributed by atoms with Crippen molar-refractivity contribution in [1.82, 2.24) is 14.7 Å². The highest BCUT2D eigenvalue weighted by atomic mass is 32.2. The van der Waals surface area contributed by atoms with Gasteiger partial charge in [-0.25, -0.2) is 8.42 Å². The Hall–Kier alpha value is -1.70. The smallest absolute Gasteiger partial charge is 0.175 e. The van der Waals surface area contributed by atoms with Gasteiger partial charge in [0.25, 0.3) is 0 Å². The van der Waals surface area contributed by atoms with Crippen molar-refractivity contribution in [2.45, 2.75) is 17.0 Å². The Bertz CT molecular complexity index is 720. The Morgan fingerprint density at radius 2 is 2.00 bits per heavy atom. The highest BCUT2D eigenvalue weighted by Gasteiger charge is 2.29. The average Bonchev–Trinajstić information content (AvgIpc) is 2.95. The molecule has 6 nitrogen and oxygen atoms in total. The highest BCUT2D eigenvalue weighted by Crippen LogP contribution is 2.24. The summed E-state index contributed by atoms with van der Waals surface area (Å²) in [6.45, 7) is 2.26. The van der Waals surface area contributed by atoms with E-state index in [-0.39, 0.29) is 4.90 Å². The van der Waals surface area contributed by atoms with Crippen molar-refractivity contribution in [1.29, 1.82) is 0 Å². The molecule has 1 aromatic carbocycles. The van der Waals surface area contributed by atoms with Gasteiger partial charge in [0.05, 0.1) is 17.0 Å². The van der Waals surface area contributed by atoms with Gasteiger partial charge in [0.15, 0.2) is 9.84 Å². The number of hydrogen-bond donors (Lipinski definition) is 1. The summed E-state index contributed by atoms with van der Waals surface area (Å²) < 4.78 is 24.8. The lowest BCUT2D eigenvalue weighted by Crippen LogP contribution is -2.49. The largest absolute Gasteiger partial charge is 0.387 e. The van der Waals surface area contributed by atoms with E-state index in [1.807, 2.05) is 16.9 Å². The second-order valence-corrected chi connectivity index (χ2v) is 7.73. The molecule has 0 spiro atoms. The van der Waals surface area contributed by atoms with Crippen LogP contribution in [0.1, 0.15) is 17.7 Å². The molecule has 3 rings (SSSR count). The normalized spacial score (nSPS) is 18.1. The van der Waals surface area contributed by atoms with Crippen LogP contribution >= 0.6 is 0 Å². The van der Waals surface area contributed by atoms with E-state index in [1.165, 1.54) is 18.4 Å². The summed E-state index contributed by atoms with van der Waals surface area (Å²) in [5.41, 5.74) is 0.731. The monoisotopic (exact) mass is 321 g/mol. The number of hydrogen-bond acceptors (Lipinski definition) is 5. The molecule has 1 unspecified atom stereocenters. The second kappa shape index (κ2) is 5.83. The number of sulfone groups is 1. The van der Waals surface area contributed by atoms with E-state index in [4.69, 9.17) is 0 Å². The molecule has 1 fully saturated rings. The molecular weight excluding hydrogens is 302 g/mol. The molecule has 1 aliphatic rings. The van der Waals surface area contributed by atoms with Crippen molar-refractivity contribution in [3.8, 4) is 0 Å². The zero-order valence-corrected chi connectivity index (χ0v) is 13.1. The van der Waals surface area contributed by atoms with E-state index in [0.717, 1.165) is 18.7 Å². The summed E-state index contributed by atoms with van der Waals surface area (Å²) in [5.74, 6) is 0. The third-order valence-corrected chi connectivity index (χ3v) is 5.09. The summed E-state index contributed by atoms with van der Waals surface area (Å²) in [5, 5.41) is 14.5. The molecule has 1 saturated heterocycles. The number of rotatable bonds is 5. The number of aromatic nitrogens is 2. The van der Waals surface area contributed by atoms with E-state index >= 15 is 0 Å². The van der Waals surface area contributed by atoms with Crippen molar-refractivity contribution in [3.63, 3.8) is 0 Å². The number of aliphatic hydroxyl groups is 1. The maximum absolute atomic E-state index is 11.4. The molecule has 1 aromatic heterocycles. The van der Waals surface area contributed by atoms with Gasteiger partial charge < -0.3 is 5.11 Å². The minimum Gasteiger partial charge on any atom is -0.387 e. The predicted molar refractivity (Wildman–Crippen MR) is 82.2 cm³/mol. The van der Waals surface area contributed by atoms with Gasteiger partial charge in [0.2, 0.25) is 0 Å². The number of likely N-dealkylation sites (tertiary alicyclic amines) is 1. The van der Waals surface area contributed by atoms with E-state index in [2.05, 4.69) is 10.00 Å². The molecule has 0 saturated carbocycles. The zero-order chi connectivity index (χ0) is 15.7. The Balaban J connectivity index is 1.56. The van der Waals surface area contributed by atoms with Crippen LogP contribution in [0.25, 0.3) is 0 Å². The topological polar surface area (TPSA) is 75.4 Å². The van der Waals surface area contributed by atoms with E-state index in [9.17, 15) is 13.5 Å². The lowest BCUT2D eigenvalue weighted by atomic mass is 10.1. The Morgan fingerprint density at radius 3 is 2.55 bits per heavy atom. The fourth-order valence-electron chi connectivity index (χ4n) is 2.64. The van der Waals surface area contributed by atoms with Gasteiger partial charge in [0, 0.05) is 38.3 Å². The van der Waals surface area contributed by atoms with Crippen molar-refractivity contribution < 1.29 is 13.5 Å². The van der Waals surface area contributed by atoms with Gasteiger partial charge in [-0.1, -0.05) is 12.1 Å². The maximum Gasteiger partial charge on any atom is 0.175 e. The minimum absolute atomic E-state index is 0.270. The van der Waals surface area contributed by atoms with Gasteiger partial charge in [0.1, 0.15) is 0 Å². The SMILES string of the molecule is CS(=O)(=O)c1ccc(C(O)CN2CC(n3cccn3)C2)cc1. The Morgan fingerprint density at radius 1 is 1.32 bits per heavy atom. The van der Waals surface area contributed by atoms with E-state index in [1.54, 1.807) is 18.3 Å². The molecule has 2 aromatic rings. The van der Waals surface area contributed by atoms with Crippen LogP contribution in [0.3, 0.4) is 0 Å².